The number of likely N-dealkylation sites (N-methyl/N-ethyl adjacent to an activating group) is 1. The number of carbonyl (C=O) groups is 3. The van der Waals surface area contributed by atoms with Crippen molar-refractivity contribution >= 4 is 17.7 Å². The molecule has 0 aromatic carbocycles. The van der Waals surface area contributed by atoms with E-state index in [0.717, 1.165) is 24.9 Å². The van der Waals surface area contributed by atoms with Crippen LogP contribution in [0.15, 0.2) is 18.5 Å². The van der Waals surface area contributed by atoms with Gasteiger partial charge in [0.2, 0.25) is 5.91 Å². The first kappa shape index (κ1) is 41.3. The van der Waals surface area contributed by atoms with Crippen LogP contribution in [0.4, 0.5) is 0 Å². The van der Waals surface area contributed by atoms with E-state index in [1.54, 1.807) is 34.1 Å². The molecule has 4 heterocycles. The average molecular weight is 717 g/mol. The normalized spacial score (nSPS) is 34.2. The number of nitrogens with zero attached hydrogens (tertiary/aromatic N) is 4. The second kappa shape index (κ2) is 17.6. The molecule has 1 N–H and O–H groups in total. The molecule has 0 saturated carbocycles. The zero-order chi connectivity index (χ0) is 37.7. The van der Waals surface area contributed by atoms with Gasteiger partial charge in [-0.2, -0.15) is 0 Å². The van der Waals surface area contributed by atoms with Crippen LogP contribution in [0.3, 0.4) is 0 Å². The lowest BCUT2D eigenvalue weighted by molar-refractivity contribution is -0.295. The van der Waals surface area contributed by atoms with Gasteiger partial charge in [0, 0.05) is 63.6 Å². The van der Waals surface area contributed by atoms with Crippen molar-refractivity contribution in [3.05, 3.63) is 29.6 Å². The van der Waals surface area contributed by atoms with E-state index >= 15 is 0 Å². The van der Waals surface area contributed by atoms with Gasteiger partial charge in [-0.05, 0) is 104 Å². The summed E-state index contributed by atoms with van der Waals surface area (Å²) in [4.78, 5) is 52.1. The molecule has 2 fully saturated rings. The number of hydrogen-bond acceptors (Lipinski definition) is 11. The monoisotopic (exact) mass is 716 g/mol. The van der Waals surface area contributed by atoms with E-state index in [0.29, 0.717) is 45.3 Å². The minimum absolute atomic E-state index is 0.0652. The fraction of sp³-hybridized carbons (Fsp3) is 0.795. The molecule has 1 aromatic rings. The maximum absolute atomic E-state index is 14.3. The predicted molar refractivity (Wildman–Crippen MR) is 194 cm³/mol. The minimum Gasteiger partial charge on any atom is -0.463 e. The van der Waals surface area contributed by atoms with Crippen LogP contribution in [-0.2, 0) is 46.3 Å². The first-order valence-electron chi connectivity index (χ1n) is 18.9. The van der Waals surface area contributed by atoms with Crippen LogP contribution in [0, 0.1) is 17.3 Å². The van der Waals surface area contributed by atoms with Crippen molar-refractivity contribution in [3.8, 4) is 0 Å². The van der Waals surface area contributed by atoms with Crippen molar-refractivity contribution in [2.75, 3.05) is 47.4 Å². The first-order chi connectivity index (χ1) is 24.0. The zero-order valence-electron chi connectivity index (χ0n) is 32.7. The van der Waals surface area contributed by atoms with E-state index in [9.17, 15) is 19.5 Å². The fourth-order valence-electron chi connectivity index (χ4n) is 8.34. The molecule has 51 heavy (non-hydrogen) atoms. The van der Waals surface area contributed by atoms with Crippen LogP contribution in [0.25, 0.3) is 0 Å². The maximum atomic E-state index is 14.3. The van der Waals surface area contributed by atoms with E-state index in [-0.39, 0.29) is 42.4 Å². The van der Waals surface area contributed by atoms with Crippen LogP contribution in [0.1, 0.15) is 91.7 Å². The summed E-state index contributed by atoms with van der Waals surface area (Å²) in [6.45, 7) is 15.8. The highest BCUT2D eigenvalue weighted by Gasteiger charge is 2.51. The molecule has 0 spiro atoms. The molecule has 0 aliphatic carbocycles. The SMILES string of the molecule is CCCN1C[C@H](C)C[C@@](C)(OC)[C@H](O[C@@H]2O[C@H](C)C[C@H](N(C)C)[C@H]2O)[C@@H](C)C(=O)C(C)(C)C(=O)OC[C@H]1CCC(=O)N1CCc2cnccc2C1. The molecule has 2 saturated heterocycles. The second-order valence-corrected chi connectivity index (χ2v) is 16.2. The van der Waals surface area contributed by atoms with Gasteiger partial charge in [-0.15, -0.1) is 0 Å². The van der Waals surface area contributed by atoms with Crippen LogP contribution in [0.5, 0.6) is 0 Å². The van der Waals surface area contributed by atoms with Gasteiger partial charge in [0.05, 0.1) is 17.8 Å². The van der Waals surface area contributed by atoms with Crippen molar-refractivity contribution in [3.63, 3.8) is 0 Å². The number of cyclic esters (lactones) is 1. The van der Waals surface area contributed by atoms with Crippen molar-refractivity contribution in [2.45, 2.75) is 136 Å². The van der Waals surface area contributed by atoms with E-state index in [1.165, 1.54) is 5.56 Å². The highest BCUT2D eigenvalue weighted by atomic mass is 16.7. The van der Waals surface area contributed by atoms with Crippen LogP contribution in [0.2, 0.25) is 0 Å². The summed E-state index contributed by atoms with van der Waals surface area (Å²) < 4.78 is 25.1. The standard InChI is InChI=1S/C39H64N4O8/c1-11-17-42-22-25(2)20-39(7,48-10)35(51-36-33(45)31(41(8)9)19-26(3)50-36)27(4)34(46)38(5,6)37(47)49-24-30(42)12-13-32(44)43-18-15-28-21-40-16-14-29(28)23-43/h14,16,21,25-27,30-31,33,35-36,45H,11-13,15,17-20,22-24H2,1-10H3/t25-,26-,27+,30-,31+,33-,35-,36+,39-/m1/s1. The van der Waals surface area contributed by atoms with Crippen LogP contribution in [-0.4, -0.2) is 132 Å². The number of pyridine rings is 1. The van der Waals surface area contributed by atoms with Crippen molar-refractivity contribution < 1.29 is 38.4 Å². The number of aliphatic hydroxyl groups is 1. The Morgan fingerprint density at radius 2 is 1.88 bits per heavy atom. The third kappa shape index (κ3) is 9.74. The van der Waals surface area contributed by atoms with Gasteiger partial charge in [0.1, 0.15) is 18.1 Å². The van der Waals surface area contributed by atoms with Crippen LogP contribution >= 0.6 is 0 Å². The number of fused-ring (bicyclic) bond motifs is 1. The Morgan fingerprint density at radius 3 is 2.55 bits per heavy atom. The molecular formula is C39H64N4O8. The number of amides is 1. The number of hydrogen-bond donors (Lipinski definition) is 1. The van der Waals surface area contributed by atoms with Crippen LogP contribution < -0.4 is 0 Å². The number of carbonyl (C=O) groups excluding carboxylic acids is 3. The van der Waals surface area contributed by atoms with Gasteiger partial charge < -0.3 is 33.9 Å². The molecule has 0 radical (unpaired) electrons. The molecule has 3 aliphatic rings. The maximum Gasteiger partial charge on any atom is 0.319 e. The van der Waals surface area contributed by atoms with E-state index in [1.807, 2.05) is 50.0 Å². The topological polar surface area (TPSA) is 131 Å². The van der Waals surface area contributed by atoms with Gasteiger partial charge in [-0.25, -0.2) is 0 Å². The predicted octanol–water partition coefficient (Wildman–Crippen LogP) is 3.86. The smallest absolute Gasteiger partial charge is 0.319 e. The number of rotatable bonds is 9. The molecule has 3 aliphatic heterocycles. The lowest BCUT2D eigenvalue weighted by Crippen LogP contribution is -2.59. The van der Waals surface area contributed by atoms with Gasteiger partial charge in [-0.3, -0.25) is 24.3 Å². The molecule has 1 amide bonds. The number of aromatic nitrogens is 1. The average Bonchev–Trinajstić information content (AvgIpc) is 3.09. The van der Waals surface area contributed by atoms with Gasteiger partial charge >= 0.3 is 5.97 Å². The molecule has 0 unspecified atom stereocenters. The van der Waals surface area contributed by atoms with E-state index in [4.69, 9.17) is 18.9 Å². The Bertz CT molecular complexity index is 1340. The highest BCUT2D eigenvalue weighted by Crippen LogP contribution is 2.38. The number of Topliss-reactive ketones (excluding diaryl/α,β-unsaturated/α-hetero) is 1. The molecule has 12 heteroatoms. The lowest BCUT2D eigenvalue weighted by Gasteiger charge is -2.47. The Hall–Kier alpha value is -2.48. The number of aliphatic hydroxyl groups excluding tert-OH is 1. The number of methoxy groups -OCH3 is 1. The largest absolute Gasteiger partial charge is 0.463 e. The molecule has 0 bridgehead atoms. The summed E-state index contributed by atoms with van der Waals surface area (Å²) in [7, 11) is 5.45. The molecule has 4 rings (SSSR count). The summed E-state index contributed by atoms with van der Waals surface area (Å²) in [5, 5.41) is 11.4. The molecule has 12 nitrogen and oxygen atoms in total. The first-order valence-corrected chi connectivity index (χ1v) is 18.9. The summed E-state index contributed by atoms with van der Waals surface area (Å²) in [6.07, 6.45) is 4.31. The fourth-order valence-corrected chi connectivity index (χ4v) is 8.34. The number of ketones is 1. The lowest BCUT2D eigenvalue weighted by atomic mass is 9.74. The Labute approximate surface area is 305 Å². The summed E-state index contributed by atoms with van der Waals surface area (Å²) >= 11 is 0. The summed E-state index contributed by atoms with van der Waals surface area (Å²) in [5.41, 5.74) is -0.164. The van der Waals surface area contributed by atoms with Gasteiger partial charge in [0.15, 0.2) is 12.1 Å². The second-order valence-electron chi connectivity index (χ2n) is 16.2. The summed E-state index contributed by atoms with van der Waals surface area (Å²) in [6, 6.07) is 1.56. The number of esters is 1. The Balaban J connectivity index is 1.61. The Kier molecular flexibility index (Phi) is 14.2. The van der Waals surface area contributed by atoms with Crippen molar-refractivity contribution in [1.82, 2.24) is 19.7 Å². The summed E-state index contributed by atoms with van der Waals surface area (Å²) in [5.74, 6) is -1.62. The molecule has 288 valence electrons. The third-order valence-corrected chi connectivity index (χ3v) is 11.4. The van der Waals surface area contributed by atoms with E-state index in [2.05, 4.69) is 23.7 Å². The van der Waals surface area contributed by atoms with Gasteiger partial charge in [0.25, 0.3) is 0 Å². The molecule has 9 atom stereocenters. The van der Waals surface area contributed by atoms with Crippen molar-refractivity contribution in [1.29, 1.82) is 0 Å². The van der Waals surface area contributed by atoms with Gasteiger partial charge in [-0.1, -0.05) is 20.8 Å². The quantitative estimate of drug-likeness (QED) is 0.296. The van der Waals surface area contributed by atoms with Crippen molar-refractivity contribution in [2.24, 2.45) is 17.3 Å². The molecular weight excluding hydrogens is 652 g/mol. The molecule has 1 aromatic heterocycles. The highest BCUT2D eigenvalue weighted by molar-refractivity contribution is 6.04. The Morgan fingerprint density at radius 1 is 1.16 bits per heavy atom. The minimum atomic E-state index is -1.49. The zero-order valence-corrected chi connectivity index (χ0v) is 32.7. The third-order valence-electron chi connectivity index (χ3n) is 11.4. The number of ether oxygens (including phenoxy) is 4. The van der Waals surface area contributed by atoms with E-state index < -0.39 is 41.4 Å².